The van der Waals surface area contributed by atoms with Crippen LogP contribution in [0.2, 0.25) is 0 Å². The van der Waals surface area contributed by atoms with Gasteiger partial charge in [-0.15, -0.1) is 0 Å². The van der Waals surface area contributed by atoms with Gasteiger partial charge >= 0.3 is 0 Å². The van der Waals surface area contributed by atoms with Crippen LogP contribution in [0, 0.1) is 23.0 Å². The molecule has 17 heavy (non-hydrogen) atoms. The molecule has 0 aromatic rings. The predicted molar refractivity (Wildman–Crippen MR) is 69.3 cm³/mol. The molecular formula is C14H27NO2. The average molecular weight is 241 g/mol. The topological polar surface area (TPSA) is 32.3 Å². The monoisotopic (exact) mass is 241 g/mol. The molecule has 2 fully saturated rings. The molecule has 3 nitrogen and oxygen atoms in total. The van der Waals surface area contributed by atoms with Crippen LogP contribution in [-0.2, 0) is 4.74 Å². The van der Waals surface area contributed by atoms with E-state index in [1.165, 1.54) is 25.7 Å². The van der Waals surface area contributed by atoms with Gasteiger partial charge in [0.25, 0.3) is 0 Å². The van der Waals surface area contributed by atoms with Crippen LogP contribution in [0.1, 0.15) is 39.5 Å². The van der Waals surface area contributed by atoms with E-state index in [9.17, 15) is 5.21 Å². The van der Waals surface area contributed by atoms with Gasteiger partial charge in [0.05, 0.1) is 19.8 Å². The second kappa shape index (κ2) is 5.68. The summed E-state index contributed by atoms with van der Waals surface area (Å²) in [6.07, 6.45) is 5.20. The van der Waals surface area contributed by atoms with Crippen LogP contribution in [0.25, 0.3) is 0 Å². The highest BCUT2D eigenvalue weighted by molar-refractivity contribution is 4.75. The van der Waals surface area contributed by atoms with Crippen molar-refractivity contribution in [2.45, 2.75) is 39.5 Å². The minimum Gasteiger partial charge on any atom is -0.633 e. The molecule has 0 unspecified atom stereocenters. The third-order valence-corrected chi connectivity index (χ3v) is 4.71. The molecule has 3 heteroatoms. The van der Waals surface area contributed by atoms with Gasteiger partial charge in [0, 0.05) is 5.92 Å². The van der Waals surface area contributed by atoms with E-state index in [4.69, 9.17) is 4.74 Å². The van der Waals surface area contributed by atoms with Crippen LogP contribution >= 0.6 is 0 Å². The van der Waals surface area contributed by atoms with E-state index in [1.807, 2.05) is 0 Å². The Kier molecular flexibility index (Phi) is 4.45. The van der Waals surface area contributed by atoms with Gasteiger partial charge in [-0.05, 0) is 37.5 Å². The van der Waals surface area contributed by atoms with Crippen molar-refractivity contribution < 1.29 is 9.38 Å². The second-order valence-electron chi connectivity index (χ2n) is 6.33. The predicted octanol–water partition coefficient (Wildman–Crippen LogP) is 2.79. The first-order valence-corrected chi connectivity index (χ1v) is 7.24. The Hall–Kier alpha value is -0.120. The highest BCUT2D eigenvalue weighted by Crippen LogP contribution is 2.34. The number of hydrogen-bond donors (Lipinski definition) is 0. The van der Waals surface area contributed by atoms with Gasteiger partial charge in [0.15, 0.2) is 0 Å². The number of hydrogen-bond acceptors (Lipinski definition) is 2. The molecule has 0 spiro atoms. The molecular weight excluding hydrogens is 214 g/mol. The summed E-state index contributed by atoms with van der Waals surface area (Å²) in [5, 5.41) is 12.5. The van der Waals surface area contributed by atoms with E-state index >= 15 is 0 Å². The van der Waals surface area contributed by atoms with Crippen LogP contribution in [0.4, 0.5) is 0 Å². The normalized spacial score (nSPS) is 33.9. The second-order valence-corrected chi connectivity index (χ2v) is 6.33. The number of ether oxygens (including phenoxy) is 1. The molecule has 100 valence electrons. The van der Waals surface area contributed by atoms with Crippen molar-refractivity contribution >= 4 is 0 Å². The molecule has 0 aromatic carbocycles. The summed E-state index contributed by atoms with van der Waals surface area (Å²) in [4.78, 5) is 0. The SMILES string of the molecule is CC(C)C1CCC(C[N+]2([O-])CCOCC2)CC1. The maximum Gasteiger partial charge on any atom is 0.102 e. The maximum atomic E-state index is 12.5. The van der Waals surface area contributed by atoms with Crippen LogP contribution in [0.15, 0.2) is 0 Å². The molecule has 0 N–H and O–H groups in total. The van der Waals surface area contributed by atoms with E-state index in [-0.39, 0.29) is 4.65 Å². The van der Waals surface area contributed by atoms with Crippen LogP contribution in [0.3, 0.4) is 0 Å². The molecule has 0 amide bonds. The summed E-state index contributed by atoms with van der Waals surface area (Å²) in [5.41, 5.74) is 0. The third-order valence-electron chi connectivity index (χ3n) is 4.71. The Labute approximate surface area is 105 Å². The lowest BCUT2D eigenvalue weighted by molar-refractivity contribution is -0.892. The first-order valence-electron chi connectivity index (χ1n) is 7.24. The van der Waals surface area contributed by atoms with Gasteiger partial charge in [-0.1, -0.05) is 13.8 Å². The molecule has 1 aliphatic carbocycles. The van der Waals surface area contributed by atoms with Gasteiger partial charge in [0.2, 0.25) is 0 Å². The number of morpholine rings is 1. The van der Waals surface area contributed by atoms with Gasteiger partial charge in [-0.25, -0.2) is 0 Å². The number of hydroxylamine groups is 3. The summed E-state index contributed by atoms with van der Waals surface area (Å²) in [6.45, 7) is 8.15. The van der Waals surface area contributed by atoms with Crippen molar-refractivity contribution in [2.24, 2.45) is 17.8 Å². The zero-order valence-corrected chi connectivity index (χ0v) is 11.4. The van der Waals surface area contributed by atoms with Crippen LogP contribution in [0.5, 0.6) is 0 Å². The van der Waals surface area contributed by atoms with Gasteiger partial charge in [0.1, 0.15) is 13.1 Å². The zero-order chi connectivity index (χ0) is 12.3. The van der Waals surface area contributed by atoms with Crippen LogP contribution in [-0.4, -0.2) is 37.5 Å². The smallest absolute Gasteiger partial charge is 0.102 e. The van der Waals surface area contributed by atoms with Crippen molar-refractivity contribution in [3.8, 4) is 0 Å². The fraction of sp³-hybridized carbons (Fsp3) is 1.00. The summed E-state index contributed by atoms with van der Waals surface area (Å²) < 4.78 is 5.30. The zero-order valence-electron chi connectivity index (χ0n) is 11.4. The molecule has 0 aromatic heterocycles. The highest BCUT2D eigenvalue weighted by Gasteiger charge is 2.29. The van der Waals surface area contributed by atoms with Crippen molar-refractivity contribution in [3.63, 3.8) is 0 Å². The Bertz CT molecular complexity index is 228. The molecule has 0 bridgehead atoms. The fourth-order valence-corrected chi connectivity index (χ4v) is 3.37. The van der Waals surface area contributed by atoms with E-state index in [0.717, 1.165) is 18.4 Å². The molecule has 0 atom stereocenters. The van der Waals surface area contributed by atoms with E-state index < -0.39 is 0 Å². The van der Waals surface area contributed by atoms with Crippen molar-refractivity contribution in [1.29, 1.82) is 0 Å². The summed E-state index contributed by atoms with van der Waals surface area (Å²) in [6, 6.07) is 0. The maximum absolute atomic E-state index is 12.5. The summed E-state index contributed by atoms with van der Waals surface area (Å²) in [5.74, 6) is 2.38. The highest BCUT2D eigenvalue weighted by atomic mass is 16.6. The van der Waals surface area contributed by atoms with E-state index in [2.05, 4.69) is 13.8 Å². The van der Waals surface area contributed by atoms with E-state index in [0.29, 0.717) is 32.2 Å². The standard InChI is InChI=1S/C14H27NO2/c1-12(2)14-5-3-13(4-6-14)11-15(16)7-9-17-10-8-15/h12-14H,3-11H2,1-2H3. The summed E-state index contributed by atoms with van der Waals surface area (Å²) in [7, 11) is 0. The number of quaternary nitrogens is 1. The molecule has 2 rings (SSSR count). The number of nitrogens with zero attached hydrogens (tertiary/aromatic N) is 1. The van der Waals surface area contributed by atoms with Crippen molar-refractivity contribution in [2.75, 3.05) is 32.8 Å². The fourth-order valence-electron chi connectivity index (χ4n) is 3.37. The first-order chi connectivity index (χ1) is 8.09. The molecule has 1 aliphatic heterocycles. The quantitative estimate of drug-likeness (QED) is 0.562. The van der Waals surface area contributed by atoms with Gasteiger partial charge in [-0.3, -0.25) is 0 Å². The van der Waals surface area contributed by atoms with Gasteiger partial charge in [-0.2, -0.15) is 0 Å². The lowest BCUT2D eigenvalue weighted by Gasteiger charge is -2.48. The molecule has 1 saturated carbocycles. The minimum atomic E-state index is 0.0109. The Balaban J connectivity index is 1.77. The Morgan fingerprint density at radius 2 is 1.71 bits per heavy atom. The Morgan fingerprint density at radius 1 is 1.12 bits per heavy atom. The van der Waals surface area contributed by atoms with Crippen LogP contribution < -0.4 is 0 Å². The van der Waals surface area contributed by atoms with Crippen molar-refractivity contribution in [3.05, 3.63) is 5.21 Å². The average Bonchev–Trinajstić information content (AvgIpc) is 2.30. The number of rotatable bonds is 3. The lowest BCUT2D eigenvalue weighted by Crippen LogP contribution is -2.53. The summed E-state index contributed by atoms with van der Waals surface area (Å²) >= 11 is 0. The largest absolute Gasteiger partial charge is 0.633 e. The van der Waals surface area contributed by atoms with Crippen molar-refractivity contribution in [1.82, 2.24) is 0 Å². The molecule has 1 saturated heterocycles. The van der Waals surface area contributed by atoms with Gasteiger partial charge < -0.3 is 14.6 Å². The molecule has 2 aliphatic rings. The molecule has 0 radical (unpaired) electrons. The lowest BCUT2D eigenvalue weighted by atomic mass is 9.77. The Morgan fingerprint density at radius 3 is 2.24 bits per heavy atom. The first kappa shape index (κ1) is 13.3. The minimum absolute atomic E-state index is 0.0109. The third kappa shape index (κ3) is 3.67. The van der Waals surface area contributed by atoms with E-state index in [1.54, 1.807) is 0 Å². The molecule has 1 heterocycles.